The first-order chi connectivity index (χ1) is 14.0. The molecule has 2 amide bonds. The standard InChI is InChI=1S/C19H19F2N7O/c1-13-23-17(11-18(24-13)28-5-4-22-12-28)26-6-8-27(9-7-26)19(29)25-16-10-14(20)2-3-15(16)21/h2-5,10-12H,6-9H2,1H3,(H,25,29). The molecule has 4 rings (SSSR count). The van der Waals surface area contributed by atoms with Crippen LogP contribution < -0.4 is 10.2 Å². The normalized spacial score (nSPS) is 14.2. The van der Waals surface area contributed by atoms with E-state index >= 15 is 0 Å². The van der Waals surface area contributed by atoms with Gasteiger partial charge in [-0.3, -0.25) is 4.57 Å². The second-order valence-electron chi connectivity index (χ2n) is 6.63. The number of piperazine rings is 1. The van der Waals surface area contributed by atoms with Gasteiger partial charge in [-0.1, -0.05) is 0 Å². The Kier molecular flexibility index (Phi) is 5.07. The molecule has 0 saturated carbocycles. The number of hydrogen-bond donors (Lipinski definition) is 1. The largest absolute Gasteiger partial charge is 0.353 e. The third-order valence-corrected chi connectivity index (χ3v) is 4.64. The highest BCUT2D eigenvalue weighted by Crippen LogP contribution is 2.19. The molecule has 2 aromatic heterocycles. The molecule has 0 aliphatic carbocycles. The molecule has 0 radical (unpaired) electrons. The third-order valence-electron chi connectivity index (χ3n) is 4.64. The molecule has 0 spiro atoms. The zero-order valence-corrected chi connectivity index (χ0v) is 15.7. The molecule has 0 atom stereocenters. The average Bonchev–Trinajstić information content (AvgIpc) is 3.25. The predicted octanol–water partition coefficient (Wildman–Crippen LogP) is 2.60. The summed E-state index contributed by atoms with van der Waals surface area (Å²) in [4.78, 5) is 29.0. The van der Waals surface area contributed by atoms with Crippen LogP contribution in [0.25, 0.3) is 5.82 Å². The molecule has 1 aliphatic rings. The van der Waals surface area contributed by atoms with E-state index in [1.165, 1.54) is 0 Å². The number of nitrogens with one attached hydrogen (secondary N) is 1. The Hall–Kier alpha value is -3.56. The predicted molar refractivity (Wildman–Crippen MR) is 103 cm³/mol. The van der Waals surface area contributed by atoms with E-state index < -0.39 is 17.7 Å². The molecule has 0 bridgehead atoms. The van der Waals surface area contributed by atoms with Crippen LogP contribution in [0.4, 0.5) is 25.1 Å². The first-order valence-corrected chi connectivity index (χ1v) is 9.09. The number of halogens is 2. The van der Waals surface area contributed by atoms with E-state index in [-0.39, 0.29) is 5.69 Å². The number of nitrogens with zero attached hydrogens (tertiary/aromatic N) is 6. The van der Waals surface area contributed by atoms with Crippen molar-refractivity contribution < 1.29 is 13.6 Å². The number of imidazole rings is 1. The number of amides is 2. The molecule has 0 unspecified atom stereocenters. The quantitative estimate of drug-likeness (QED) is 0.733. The summed E-state index contributed by atoms with van der Waals surface area (Å²) in [5.74, 6) is 0.818. The highest BCUT2D eigenvalue weighted by Gasteiger charge is 2.23. The van der Waals surface area contributed by atoms with E-state index in [4.69, 9.17) is 0 Å². The van der Waals surface area contributed by atoms with Gasteiger partial charge in [-0.25, -0.2) is 28.5 Å². The molecular formula is C19H19F2N7O. The van der Waals surface area contributed by atoms with Gasteiger partial charge in [-0.05, 0) is 19.1 Å². The van der Waals surface area contributed by atoms with Crippen LogP contribution in [-0.4, -0.2) is 56.6 Å². The smallest absolute Gasteiger partial charge is 0.322 e. The van der Waals surface area contributed by atoms with Crippen molar-refractivity contribution >= 4 is 17.5 Å². The highest BCUT2D eigenvalue weighted by atomic mass is 19.1. The van der Waals surface area contributed by atoms with E-state index in [1.807, 2.05) is 13.0 Å². The zero-order valence-electron chi connectivity index (χ0n) is 15.7. The second kappa shape index (κ2) is 7.82. The lowest BCUT2D eigenvalue weighted by atomic mass is 10.3. The Morgan fingerprint density at radius 3 is 2.55 bits per heavy atom. The molecule has 3 aromatic rings. The van der Waals surface area contributed by atoms with Crippen LogP contribution in [0.5, 0.6) is 0 Å². The van der Waals surface area contributed by atoms with Crippen LogP contribution in [0.1, 0.15) is 5.82 Å². The summed E-state index contributed by atoms with van der Waals surface area (Å²) >= 11 is 0. The monoisotopic (exact) mass is 399 g/mol. The van der Waals surface area contributed by atoms with Gasteiger partial charge in [0.2, 0.25) is 0 Å². The minimum absolute atomic E-state index is 0.172. The van der Waals surface area contributed by atoms with Gasteiger partial charge >= 0.3 is 6.03 Å². The van der Waals surface area contributed by atoms with Crippen molar-refractivity contribution in [3.8, 4) is 5.82 Å². The SMILES string of the molecule is Cc1nc(N2CCN(C(=O)Nc3cc(F)ccc3F)CC2)cc(-n2ccnc2)n1. The van der Waals surface area contributed by atoms with Crippen LogP contribution >= 0.6 is 0 Å². The zero-order chi connectivity index (χ0) is 20.4. The van der Waals surface area contributed by atoms with Gasteiger partial charge in [-0.15, -0.1) is 0 Å². The Balaban J connectivity index is 1.42. The lowest BCUT2D eigenvalue weighted by Crippen LogP contribution is -2.50. The van der Waals surface area contributed by atoms with Crippen LogP contribution in [0.3, 0.4) is 0 Å². The third kappa shape index (κ3) is 4.15. The van der Waals surface area contributed by atoms with Gasteiger partial charge in [0.1, 0.15) is 35.4 Å². The molecule has 3 heterocycles. The number of hydrogen-bond acceptors (Lipinski definition) is 5. The summed E-state index contributed by atoms with van der Waals surface area (Å²) in [5, 5.41) is 2.43. The molecule has 8 nitrogen and oxygen atoms in total. The number of anilines is 2. The molecule has 1 fully saturated rings. The van der Waals surface area contributed by atoms with Crippen molar-refractivity contribution in [2.75, 3.05) is 36.4 Å². The number of urea groups is 1. The van der Waals surface area contributed by atoms with Crippen molar-refractivity contribution in [1.82, 2.24) is 24.4 Å². The Morgan fingerprint density at radius 2 is 1.83 bits per heavy atom. The van der Waals surface area contributed by atoms with Gasteiger partial charge in [-0.2, -0.15) is 0 Å². The van der Waals surface area contributed by atoms with E-state index in [0.717, 1.165) is 24.0 Å². The van der Waals surface area contributed by atoms with Crippen molar-refractivity contribution in [3.05, 3.63) is 60.4 Å². The highest BCUT2D eigenvalue weighted by molar-refractivity contribution is 5.89. The van der Waals surface area contributed by atoms with Crippen molar-refractivity contribution in [2.24, 2.45) is 0 Å². The van der Waals surface area contributed by atoms with Crippen LogP contribution in [0.2, 0.25) is 0 Å². The van der Waals surface area contributed by atoms with Crippen LogP contribution in [0, 0.1) is 18.6 Å². The van der Waals surface area contributed by atoms with Gasteiger partial charge in [0.25, 0.3) is 0 Å². The minimum atomic E-state index is -0.679. The molecule has 10 heteroatoms. The molecule has 1 aliphatic heterocycles. The van der Waals surface area contributed by atoms with Crippen molar-refractivity contribution in [2.45, 2.75) is 6.92 Å². The Bertz CT molecular complexity index is 1020. The maximum Gasteiger partial charge on any atom is 0.322 e. The summed E-state index contributed by atoms with van der Waals surface area (Å²) < 4.78 is 28.8. The Labute approximate surface area is 165 Å². The van der Waals surface area contributed by atoms with Gasteiger partial charge in [0.15, 0.2) is 0 Å². The van der Waals surface area contributed by atoms with E-state index in [0.29, 0.717) is 37.8 Å². The fourth-order valence-corrected chi connectivity index (χ4v) is 3.15. The average molecular weight is 399 g/mol. The fraction of sp³-hybridized carbons (Fsp3) is 0.263. The number of rotatable bonds is 3. The summed E-state index contributed by atoms with van der Waals surface area (Å²) in [6, 6.07) is 4.35. The van der Waals surface area contributed by atoms with Crippen molar-refractivity contribution in [1.29, 1.82) is 0 Å². The van der Waals surface area contributed by atoms with Crippen molar-refractivity contribution in [3.63, 3.8) is 0 Å². The maximum absolute atomic E-state index is 13.7. The fourth-order valence-electron chi connectivity index (χ4n) is 3.15. The molecule has 1 aromatic carbocycles. The van der Waals surface area contributed by atoms with E-state index in [9.17, 15) is 13.6 Å². The van der Waals surface area contributed by atoms with Gasteiger partial charge in [0.05, 0.1) is 5.69 Å². The number of carbonyl (C=O) groups is 1. The lowest BCUT2D eigenvalue weighted by Gasteiger charge is -2.35. The van der Waals surface area contributed by atoms with Crippen LogP contribution in [-0.2, 0) is 0 Å². The van der Waals surface area contributed by atoms with Gasteiger partial charge < -0.3 is 15.1 Å². The van der Waals surface area contributed by atoms with E-state index in [2.05, 4.69) is 25.2 Å². The summed E-state index contributed by atoms with van der Waals surface area (Å²) in [7, 11) is 0. The van der Waals surface area contributed by atoms with Crippen LogP contribution in [0.15, 0.2) is 43.0 Å². The molecule has 1 saturated heterocycles. The molecule has 29 heavy (non-hydrogen) atoms. The van der Waals surface area contributed by atoms with Gasteiger partial charge in [0, 0.05) is 50.7 Å². The molecular weight excluding hydrogens is 380 g/mol. The Morgan fingerprint density at radius 1 is 1.07 bits per heavy atom. The second-order valence-corrected chi connectivity index (χ2v) is 6.63. The first kappa shape index (κ1) is 18.8. The summed E-state index contributed by atoms with van der Waals surface area (Å²) in [6.45, 7) is 3.78. The summed E-state index contributed by atoms with van der Waals surface area (Å²) in [5.41, 5.74) is -0.172. The minimum Gasteiger partial charge on any atom is -0.353 e. The molecule has 150 valence electrons. The van der Waals surface area contributed by atoms with E-state index in [1.54, 1.807) is 28.2 Å². The number of benzene rings is 1. The number of aryl methyl sites for hydroxylation is 1. The molecule has 1 N–H and O–H groups in total. The number of aromatic nitrogens is 4. The maximum atomic E-state index is 13.7. The first-order valence-electron chi connectivity index (χ1n) is 9.09. The summed E-state index contributed by atoms with van der Waals surface area (Å²) in [6.07, 6.45) is 5.15. The number of carbonyl (C=O) groups excluding carboxylic acids is 1. The lowest BCUT2D eigenvalue weighted by molar-refractivity contribution is 0.208. The topological polar surface area (TPSA) is 79.2 Å².